The third-order valence-corrected chi connectivity index (χ3v) is 6.69. The summed E-state index contributed by atoms with van der Waals surface area (Å²) in [5.41, 5.74) is 2.48. The molecule has 2 fully saturated rings. The van der Waals surface area contributed by atoms with E-state index in [4.69, 9.17) is 0 Å². The Hall–Kier alpha value is -1.93. The van der Waals surface area contributed by atoms with Crippen LogP contribution in [0.3, 0.4) is 0 Å². The lowest BCUT2D eigenvalue weighted by Gasteiger charge is -2.20. The Labute approximate surface area is 154 Å². The molecular formula is C18H25N3O4S. The van der Waals surface area contributed by atoms with E-state index in [1.165, 1.54) is 4.31 Å². The average molecular weight is 379 g/mol. The minimum absolute atomic E-state index is 0.151. The van der Waals surface area contributed by atoms with Gasteiger partial charge in [0.05, 0.1) is 11.7 Å². The van der Waals surface area contributed by atoms with E-state index in [1.807, 2.05) is 32.0 Å². The number of aryl methyl sites for hydroxylation is 2. The molecule has 3 rings (SSSR count). The van der Waals surface area contributed by atoms with Crippen molar-refractivity contribution in [3.8, 4) is 0 Å². The van der Waals surface area contributed by atoms with E-state index < -0.39 is 21.5 Å². The van der Waals surface area contributed by atoms with Gasteiger partial charge in [-0.1, -0.05) is 23.8 Å². The second-order valence-electron chi connectivity index (χ2n) is 7.50. The van der Waals surface area contributed by atoms with Gasteiger partial charge >= 0.3 is 0 Å². The van der Waals surface area contributed by atoms with Crippen molar-refractivity contribution in [3.05, 3.63) is 34.9 Å². The lowest BCUT2D eigenvalue weighted by molar-refractivity contribution is -0.128. The minimum Gasteiger partial charge on any atom is -0.350 e. The summed E-state index contributed by atoms with van der Waals surface area (Å²) in [6.07, 6.45) is 1.93. The monoisotopic (exact) mass is 379 g/mol. The van der Waals surface area contributed by atoms with Crippen LogP contribution in [0.1, 0.15) is 29.5 Å². The molecule has 0 bridgehead atoms. The fraction of sp³-hybridized carbons (Fsp3) is 0.556. The van der Waals surface area contributed by atoms with E-state index >= 15 is 0 Å². The molecule has 1 aromatic carbocycles. The highest BCUT2D eigenvalue weighted by molar-refractivity contribution is 7.88. The first kappa shape index (κ1) is 18.8. The topological polar surface area (TPSA) is 95.6 Å². The zero-order valence-corrected chi connectivity index (χ0v) is 16.1. The fourth-order valence-electron chi connectivity index (χ4n) is 3.77. The molecule has 2 atom stereocenters. The molecule has 0 radical (unpaired) electrons. The van der Waals surface area contributed by atoms with Crippen LogP contribution in [0.5, 0.6) is 0 Å². The normalized spacial score (nSPS) is 26.3. The number of benzene rings is 1. The molecule has 2 heterocycles. The van der Waals surface area contributed by atoms with Gasteiger partial charge in [-0.25, -0.2) is 12.7 Å². The van der Waals surface area contributed by atoms with Crippen molar-refractivity contribution in [3.63, 3.8) is 0 Å². The Bertz CT molecular complexity index is 852. The smallest absolute Gasteiger partial charge is 0.242 e. The summed E-state index contributed by atoms with van der Waals surface area (Å²) < 4.78 is 24.8. The average Bonchev–Trinajstić information content (AvgIpc) is 3.13. The molecule has 1 aromatic rings. The highest BCUT2D eigenvalue weighted by Crippen LogP contribution is 2.40. The van der Waals surface area contributed by atoms with Crippen LogP contribution in [0.2, 0.25) is 0 Å². The molecule has 8 heteroatoms. The van der Waals surface area contributed by atoms with Gasteiger partial charge in [-0.05, 0) is 37.8 Å². The third kappa shape index (κ3) is 3.61. The van der Waals surface area contributed by atoms with Crippen LogP contribution < -0.4 is 10.6 Å². The molecule has 7 nitrogen and oxygen atoms in total. The predicted molar refractivity (Wildman–Crippen MR) is 97.8 cm³/mol. The van der Waals surface area contributed by atoms with E-state index in [1.54, 1.807) is 0 Å². The van der Waals surface area contributed by atoms with Crippen LogP contribution in [-0.2, 0) is 26.2 Å². The Morgan fingerprint density at radius 3 is 2.77 bits per heavy atom. The number of carbonyl (C=O) groups is 2. The molecule has 0 aliphatic carbocycles. The van der Waals surface area contributed by atoms with E-state index in [0.29, 0.717) is 25.9 Å². The molecule has 2 amide bonds. The standard InChI is InChI=1S/C18H25N3O4S/c1-12-4-5-13(2)14(8-12)10-19-16(22)15-9-18(17(23)20-15)6-7-21(11-18)26(3,24)25/h4-5,8,15H,6-7,9-11H2,1-3H3,(H,19,22)(H,20,23)/t15-,18-/m0/s1. The summed E-state index contributed by atoms with van der Waals surface area (Å²) >= 11 is 0. The van der Waals surface area contributed by atoms with Crippen LogP contribution in [0, 0.1) is 19.3 Å². The van der Waals surface area contributed by atoms with E-state index in [9.17, 15) is 18.0 Å². The van der Waals surface area contributed by atoms with Crippen molar-refractivity contribution in [2.45, 2.75) is 39.3 Å². The van der Waals surface area contributed by atoms with E-state index in [2.05, 4.69) is 10.6 Å². The number of sulfonamides is 1. The Balaban J connectivity index is 1.64. The van der Waals surface area contributed by atoms with Gasteiger partial charge in [-0.2, -0.15) is 0 Å². The maximum absolute atomic E-state index is 12.5. The van der Waals surface area contributed by atoms with Gasteiger partial charge < -0.3 is 10.6 Å². The van der Waals surface area contributed by atoms with E-state index in [0.717, 1.165) is 22.9 Å². The van der Waals surface area contributed by atoms with Crippen molar-refractivity contribution in [2.75, 3.05) is 19.3 Å². The van der Waals surface area contributed by atoms with Crippen LogP contribution in [0.15, 0.2) is 18.2 Å². The second-order valence-corrected chi connectivity index (χ2v) is 9.49. The van der Waals surface area contributed by atoms with Crippen molar-refractivity contribution in [2.24, 2.45) is 5.41 Å². The van der Waals surface area contributed by atoms with Crippen LogP contribution in [0.25, 0.3) is 0 Å². The molecule has 0 saturated carbocycles. The molecule has 142 valence electrons. The van der Waals surface area contributed by atoms with Crippen LogP contribution in [-0.4, -0.2) is 49.9 Å². The molecule has 2 aliphatic heterocycles. The van der Waals surface area contributed by atoms with Gasteiger partial charge in [0.1, 0.15) is 6.04 Å². The summed E-state index contributed by atoms with van der Waals surface area (Å²) in [6.45, 7) is 4.87. The Morgan fingerprint density at radius 2 is 2.12 bits per heavy atom. The minimum atomic E-state index is -3.33. The first-order valence-corrected chi connectivity index (χ1v) is 10.6. The lowest BCUT2D eigenvalue weighted by atomic mass is 9.84. The molecule has 0 aromatic heterocycles. The van der Waals surface area contributed by atoms with Crippen molar-refractivity contribution >= 4 is 21.8 Å². The van der Waals surface area contributed by atoms with Crippen molar-refractivity contribution in [1.29, 1.82) is 0 Å². The summed E-state index contributed by atoms with van der Waals surface area (Å²) in [7, 11) is -3.33. The fourth-order valence-corrected chi connectivity index (χ4v) is 4.67. The molecule has 2 N–H and O–H groups in total. The van der Waals surface area contributed by atoms with Gasteiger partial charge in [0, 0.05) is 19.6 Å². The summed E-state index contributed by atoms with van der Waals surface area (Å²) in [6, 6.07) is 5.45. The number of carbonyl (C=O) groups excluding carboxylic acids is 2. The number of hydrogen-bond donors (Lipinski definition) is 2. The first-order chi connectivity index (χ1) is 12.1. The maximum Gasteiger partial charge on any atom is 0.242 e. The number of nitrogens with zero attached hydrogens (tertiary/aromatic N) is 1. The Morgan fingerprint density at radius 1 is 1.38 bits per heavy atom. The lowest BCUT2D eigenvalue weighted by Crippen LogP contribution is -2.41. The molecule has 1 spiro atoms. The van der Waals surface area contributed by atoms with Gasteiger partial charge in [0.15, 0.2) is 0 Å². The van der Waals surface area contributed by atoms with Crippen LogP contribution in [0.4, 0.5) is 0 Å². The SMILES string of the molecule is Cc1ccc(C)c(CNC(=O)[C@@H]2C[C@]3(CCN(S(C)(=O)=O)C3)C(=O)N2)c1. The maximum atomic E-state index is 12.5. The zero-order chi connectivity index (χ0) is 19.1. The highest BCUT2D eigenvalue weighted by atomic mass is 32.2. The molecule has 2 aliphatic rings. The number of nitrogens with one attached hydrogen (secondary N) is 2. The summed E-state index contributed by atoms with van der Waals surface area (Å²) in [5.74, 6) is -0.454. The number of hydrogen-bond acceptors (Lipinski definition) is 4. The van der Waals surface area contributed by atoms with Gasteiger partial charge in [0.25, 0.3) is 0 Å². The van der Waals surface area contributed by atoms with Gasteiger partial charge in [-0.3, -0.25) is 9.59 Å². The molecule has 26 heavy (non-hydrogen) atoms. The van der Waals surface area contributed by atoms with Crippen molar-refractivity contribution < 1.29 is 18.0 Å². The quantitative estimate of drug-likeness (QED) is 0.794. The largest absolute Gasteiger partial charge is 0.350 e. The summed E-state index contributed by atoms with van der Waals surface area (Å²) in [4.78, 5) is 25.0. The van der Waals surface area contributed by atoms with E-state index in [-0.39, 0.29) is 18.4 Å². The molecular weight excluding hydrogens is 354 g/mol. The molecule has 0 unspecified atom stereocenters. The third-order valence-electron chi connectivity index (χ3n) is 5.44. The van der Waals surface area contributed by atoms with Gasteiger partial charge in [0.2, 0.25) is 21.8 Å². The van der Waals surface area contributed by atoms with Gasteiger partial charge in [-0.15, -0.1) is 0 Å². The van der Waals surface area contributed by atoms with Crippen LogP contribution >= 0.6 is 0 Å². The number of amides is 2. The first-order valence-electron chi connectivity index (χ1n) is 8.71. The highest BCUT2D eigenvalue weighted by Gasteiger charge is 2.53. The second kappa shape index (κ2) is 6.66. The van der Waals surface area contributed by atoms with Crippen molar-refractivity contribution in [1.82, 2.24) is 14.9 Å². The predicted octanol–water partition coefficient (Wildman–Crippen LogP) is 0.460. The Kier molecular flexibility index (Phi) is 4.83. The molecule has 2 saturated heterocycles. The summed E-state index contributed by atoms with van der Waals surface area (Å²) in [5, 5.41) is 5.64. The zero-order valence-electron chi connectivity index (χ0n) is 15.3. The number of rotatable bonds is 4.